The van der Waals surface area contributed by atoms with E-state index in [-0.39, 0.29) is 18.4 Å². The normalized spacial score (nSPS) is 10.4. The van der Waals surface area contributed by atoms with Crippen LogP contribution in [0.3, 0.4) is 0 Å². The van der Waals surface area contributed by atoms with Gasteiger partial charge in [-0.15, -0.1) is 10.2 Å². The van der Waals surface area contributed by atoms with Gasteiger partial charge in [-0.2, -0.15) is 0 Å². The summed E-state index contributed by atoms with van der Waals surface area (Å²) in [6.45, 7) is 1.99. The molecule has 1 aromatic heterocycles. The highest BCUT2D eigenvalue weighted by Crippen LogP contribution is 2.21. The van der Waals surface area contributed by atoms with Crippen LogP contribution in [0.4, 0.5) is 10.8 Å². The molecule has 1 heterocycles. The molecule has 0 aliphatic rings. The third kappa shape index (κ3) is 5.51. The Balaban J connectivity index is 1.58. The summed E-state index contributed by atoms with van der Waals surface area (Å²) in [6.07, 6.45) is 0.363. The first-order valence-electron chi connectivity index (χ1n) is 8.45. The second kappa shape index (κ2) is 9.29. The van der Waals surface area contributed by atoms with Crippen LogP contribution in [0.1, 0.15) is 28.7 Å². The van der Waals surface area contributed by atoms with Crippen LogP contribution < -0.4 is 15.4 Å². The van der Waals surface area contributed by atoms with Crippen LogP contribution >= 0.6 is 22.9 Å². The summed E-state index contributed by atoms with van der Waals surface area (Å²) >= 11 is 7.06. The number of carbonyl (C=O) groups is 2. The van der Waals surface area contributed by atoms with Gasteiger partial charge >= 0.3 is 0 Å². The van der Waals surface area contributed by atoms with Crippen molar-refractivity contribution in [3.8, 4) is 5.75 Å². The second-order valence-corrected chi connectivity index (χ2v) is 7.18. The van der Waals surface area contributed by atoms with Crippen LogP contribution in [0.2, 0.25) is 5.02 Å². The molecule has 144 valence electrons. The van der Waals surface area contributed by atoms with Crippen molar-refractivity contribution in [2.45, 2.75) is 20.0 Å². The Bertz CT molecular complexity index is 975. The van der Waals surface area contributed by atoms with E-state index in [0.717, 1.165) is 0 Å². The Morgan fingerprint density at radius 1 is 1.11 bits per heavy atom. The standard InChI is InChI=1S/C19H17ClN4O3S/c1-2-16(25)21-14-5-3-4-12(10-14)18(26)22-19-24-23-17(28-19)11-27-15-8-6-13(20)7-9-15/h3-10H,2,11H2,1H3,(H,21,25)(H,22,24,26). The van der Waals surface area contributed by atoms with Crippen molar-refractivity contribution < 1.29 is 14.3 Å². The maximum atomic E-state index is 12.4. The summed E-state index contributed by atoms with van der Waals surface area (Å²) in [7, 11) is 0. The summed E-state index contributed by atoms with van der Waals surface area (Å²) in [5.41, 5.74) is 0.969. The predicted octanol–water partition coefficient (Wildman–Crippen LogP) is 4.37. The van der Waals surface area contributed by atoms with Crippen molar-refractivity contribution in [2.75, 3.05) is 10.6 Å². The molecule has 2 amide bonds. The fraction of sp³-hybridized carbons (Fsp3) is 0.158. The highest BCUT2D eigenvalue weighted by Gasteiger charge is 2.12. The molecule has 0 bridgehead atoms. The summed E-state index contributed by atoms with van der Waals surface area (Å²) in [4.78, 5) is 23.9. The largest absolute Gasteiger partial charge is 0.486 e. The average molecular weight is 417 g/mol. The average Bonchev–Trinajstić information content (AvgIpc) is 3.15. The van der Waals surface area contributed by atoms with Crippen LogP contribution in [-0.4, -0.2) is 22.0 Å². The topological polar surface area (TPSA) is 93.2 Å². The molecule has 2 N–H and O–H groups in total. The van der Waals surface area contributed by atoms with E-state index in [1.807, 2.05) is 0 Å². The van der Waals surface area contributed by atoms with E-state index < -0.39 is 0 Å². The zero-order chi connectivity index (χ0) is 19.9. The van der Waals surface area contributed by atoms with Crippen molar-refractivity contribution in [1.82, 2.24) is 10.2 Å². The number of hydrogen-bond donors (Lipinski definition) is 2. The molecule has 7 nitrogen and oxygen atoms in total. The van der Waals surface area contributed by atoms with Gasteiger partial charge in [0.2, 0.25) is 11.0 Å². The summed E-state index contributed by atoms with van der Waals surface area (Å²) < 4.78 is 5.61. The number of amides is 2. The van der Waals surface area contributed by atoms with E-state index in [9.17, 15) is 9.59 Å². The Hall–Kier alpha value is -2.97. The number of carbonyl (C=O) groups excluding carboxylic acids is 2. The summed E-state index contributed by atoms with van der Waals surface area (Å²) in [6, 6.07) is 13.7. The van der Waals surface area contributed by atoms with Gasteiger partial charge in [0.15, 0.2) is 5.01 Å². The third-order valence-electron chi connectivity index (χ3n) is 3.59. The van der Waals surface area contributed by atoms with Gasteiger partial charge in [0.25, 0.3) is 5.91 Å². The van der Waals surface area contributed by atoms with E-state index in [1.165, 1.54) is 11.3 Å². The lowest BCUT2D eigenvalue weighted by atomic mass is 10.2. The van der Waals surface area contributed by atoms with Gasteiger partial charge in [-0.05, 0) is 42.5 Å². The maximum absolute atomic E-state index is 12.4. The molecule has 0 saturated heterocycles. The zero-order valence-electron chi connectivity index (χ0n) is 14.9. The minimum absolute atomic E-state index is 0.119. The van der Waals surface area contributed by atoms with Gasteiger partial charge < -0.3 is 10.1 Å². The molecule has 3 rings (SSSR count). The molecule has 2 aromatic carbocycles. The van der Waals surface area contributed by atoms with Gasteiger partial charge in [-0.3, -0.25) is 14.9 Å². The van der Waals surface area contributed by atoms with Gasteiger partial charge in [0, 0.05) is 22.7 Å². The molecular formula is C19H17ClN4O3S. The first-order valence-corrected chi connectivity index (χ1v) is 9.65. The first-order chi connectivity index (χ1) is 13.5. The molecule has 28 heavy (non-hydrogen) atoms. The molecule has 3 aromatic rings. The molecule has 0 fully saturated rings. The first kappa shape index (κ1) is 19.8. The second-order valence-electron chi connectivity index (χ2n) is 5.68. The highest BCUT2D eigenvalue weighted by molar-refractivity contribution is 7.15. The number of nitrogens with zero attached hydrogens (tertiary/aromatic N) is 2. The number of rotatable bonds is 7. The quantitative estimate of drug-likeness (QED) is 0.596. The molecule has 0 unspecified atom stereocenters. The number of benzene rings is 2. The number of aromatic nitrogens is 2. The molecule has 0 saturated carbocycles. The van der Waals surface area contributed by atoms with E-state index in [4.69, 9.17) is 16.3 Å². The number of halogens is 1. The van der Waals surface area contributed by atoms with Gasteiger partial charge in [-0.1, -0.05) is 35.9 Å². The monoisotopic (exact) mass is 416 g/mol. The summed E-state index contributed by atoms with van der Waals surface area (Å²) in [5.74, 6) is 0.206. The van der Waals surface area contributed by atoms with Crippen molar-refractivity contribution in [3.63, 3.8) is 0 Å². The van der Waals surface area contributed by atoms with Crippen LogP contribution in [0.15, 0.2) is 48.5 Å². The molecule has 9 heteroatoms. The van der Waals surface area contributed by atoms with Crippen molar-refractivity contribution in [3.05, 3.63) is 64.1 Å². The van der Waals surface area contributed by atoms with Crippen LogP contribution in [-0.2, 0) is 11.4 Å². The van der Waals surface area contributed by atoms with E-state index in [0.29, 0.717) is 38.6 Å². The Labute approximate surface area is 170 Å². The molecule has 0 aliphatic carbocycles. The molecule has 0 radical (unpaired) electrons. The lowest BCUT2D eigenvalue weighted by molar-refractivity contribution is -0.115. The molecule has 0 atom stereocenters. The smallest absolute Gasteiger partial charge is 0.257 e. The number of nitrogens with one attached hydrogen (secondary N) is 2. The SMILES string of the molecule is CCC(=O)Nc1cccc(C(=O)Nc2nnc(COc3ccc(Cl)cc3)s2)c1. The Morgan fingerprint density at radius 3 is 2.64 bits per heavy atom. The predicted molar refractivity (Wildman–Crippen MR) is 109 cm³/mol. The lowest BCUT2D eigenvalue weighted by Crippen LogP contribution is -2.13. The minimum atomic E-state index is -0.339. The van der Waals surface area contributed by atoms with Gasteiger partial charge in [0.1, 0.15) is 12.4 Å². The minimum Gasteiger partial charge on any atom is -0.486 e. The van der Waals surface area contributed by atoms with Crippen LogP contribution in [0.25, 0.3) is 0 Å². The zero-order valence-corrected chi connectivity index (χ0v) is 16.5. The van der Waals surface area contributed by atoms with Crippen molar-refractivity contribution in [2.24, 2.45) is 0 Å². The van der Waals surface area contributed by atoms with E-state index >= 15 is 0 Å². The van der Waals surface area contributed by atoms with Gasteiger partial charge in [0.05, 0.1) is 0 Å². The maximum Gasteiger partial charge on any atom is 0.257 e. The highest BCUT2D eigenvalue weighted by atomic mass is 35.5. The van der Waals surface area contributed by atoms with Crippen molar-refractivity contribution >= 4 is 45.6 Å². The van der Waals surface area contributed by atoms with Crippen LogP contribution in [0.5, 0.6) is 5.75 Å². The molecule has 0 aliphatic heterocycles. The number of hydrogen-bond acceptors (Lipinski definition) is 6. The van der Waals surface area contributed by atoms with E-state index in [2.05, 4.69) is 20.8 Å². The lowest BCUT2D eigenvalue weighted by Gasteiger charge is -2.06. The summed E-state index contributed by atoms with van der Waals surface area (Å²) in [5, 5.41) is 15.0. The number of anilines is 2. The number of ether oxygens (including phenoxy) is 1. The Morgan fingerprint density at radius 2 is 1.89 bits per heavy atom. The third-order valence-corrected chi connectivity index (χ3v) is 4.66. The van der Waals surface area contributed by atoms with Crippen LogP contribution in [0, 0.1) is 0 Å². The van der Waals surface area contributed by atoms with E-state index in [1.54, 1.807) is 55.5 Å². The fourth-order valence-corrected chi connectivity index (χ4v) is 2.97. The van der Waals surface area contributed by atoms with Crippen molar-refractivity contribution in [1.29, 1.82) is 0 Å². The Kier molecular flexibility index (Phi) is 6.57. The van der Waals surface area contributed by atoms with Gasteiger partial charge in [-0.25, -0.2) is 0 Å². The molecular weight excluding hydrogens is 400 g/mol. The molecule has 0 spiro atoms. The fourth-order valence-electron chi connectivity index (χ4n) is 2.20.